The van der Waals surface area contributed by atoms with E-state index in [-0.39, 0.29) is 13.2 Å². The van der Waals surface area contributed by atoms with Gasteiger partial charge in [0.05, 0.1) is 19.4 Å². The van der Waals surface area contributed by atoms with Crippen LogP contribution >= 0.6 is 0 Å². The fraction of sp³-hybridized carbons (Fsp3) is 0.545. The maximum atomic E-state index is 12.9. The first kappa shape index (κ1) is 12.9. The zero-order chi connectivity index (χ0) is 12.0. The summed E-state index contributed by atoms with van der Waals surface area (Å²) in [6.07, 6.45) is 2.01. The fourth-order valence-corrected chi connectivity index (χ4v) is 1.59. The quantitative estimate of drug-likeness (QED) is 0.760. The Morgan fingerprint density at radius 1 is 1.38 bits per heavy atom. The highest BCUT2D eigenvalue weighted by Gasteiger charge is 2.12. The smallest absolute Gasteiger partial charge is 0.142 e. The van der Waals surface area contributed by atoms with E-state index in [0.29, 0.717) is 24.5 Å². The number of rotatable bonds is 6. The van der Waals surface area contributed by atoms with E-state index in [4.69, 9.17) is 10.2 Å². The van der Waals surface area contributed by atoms with Crippen molar-refractivity contribution in [2.24, 2.45) is 0 Å². The first-order valence-corrected chi connectivity index (χ1v) is 5.34. The molecule has 4 nitrogen and oxygen atoms in total. The highest BCUT2D eigenvalue weighted by Crippen LogP contribution is 2.18. The van der Waals surface area contributed by atoms with Gasteiger partial charge >= 0.3 is 0 Å². The Kier molecular flexibility index (Phi) is 5.14. The van der Waals surface area contributed by atoms with Crippen LogP contribution in [0.1, 0.15) is 18.9 Å². The largest absolute Gasteiger partial charge is 0.395 e. The number of aromatic nitrogens is 1. The molecule has 0 spiro atoms. The molecule has 0 aromatic carbocycles. The number of aliphatic hydroxyl groups is 2. The molecule has 0 unspecified atom stereocenters. The Balaban J connectivity index is 2.97. The molecule has 5 heteroatoms. The van der Waals surface area contributed by atoms with Crippen molar-refractivity contribution in [3.63, 3.8) is 0 Å². The van der Waals surface area contributed by atoms with E-state index >= 15 is 0 Å². The third kappa shape index (κ3) is 3.15. The number of nitrogens with zero attached hydrogens (tertiary/aromatic N) is 2. The summed E-state index contributed by atoms with van der Waals surface area (Å²) in [7, 11) is 0. The SMILES string of the molecule is CCCN(CCO)c1ncc(F)cc1CO. The Morgan fingerprint density at radius 2 is 2.12 bits per heavy atom. The van der Waals surface area contributed by atoms with Crippen molar-refractivity contribution >= 4 is 5.82 Å². The molecule has 0 atom stereocenters. The number of hydrogen-bond donors (Lipinski definition) is 2. The van der Waals surface area contributed by atoms with Gasteiger partial charge in [0.2, 0.25) is 0 Å². The lowest BCUT2D eigenvalue weighted by molar-refractivity contribution is 0.279. The molecule has 90 valence electrons. The Hall–Kier alpha value is -1.20. The predicted octanol–water partition coefficient (Wildman–Crippen LogP) is 0.922. The first-order valence-electron chi connectivity index (χ1n) is 5.34. The van der Waals surface area contributed by atoms with Crippen molar-refractivity contribution in [3.8, 4) is 0 Å². The van der Waals surface area contributed by atoms with Gasteiger partial charge < -0.3 is 15.1 Å². The number of aliphatic hydroxyl groups excluding tert-OH is 2. The molecule has 0 saturated heterocycles. The maximum absolute atomic E-state index is 12.9. The minimum Gasteiger partial charge on any atom is -0.395 e. The average Bonchev–Trinajstić information content (AvgIpc) is 2.28. The van der Waals surface area contributed by atoms with Crippen LogP contribution in [-0.4, -0.2) is 34.9 Å². The minimum atomic E-state index is -0.465. The summed E-state index contributed by atoms with van der Waals surface area (Å²) in [5.41, 5.74) is 0.446. The third-order valence-corrected chi connectivity index (χ3v) is 2.24. The number of anilines is 1. The molecule has 16 heavy (non-hydrogen) atoms. The molecular weight excluding hydrogens is 211 g/mol. The van der Waals surface area contributed by atoms with Gasteiger partial charge in [-0.15, -0.1) is 0 Å². The van der Waals surface area contributed by atoms with Gasteiger partial charge in [-0.1, -0.05) is 6.92 Å². The van der Waals surface area contributed by atoms with E-state index in [1.807, 2.05) is 11.8 Å². The molecule has 0 fully saturated rings. The van der Waals surface area contributed by atoms with Crippen molar-refractivity contribution in [1.82, 2.24) is 4.98 Å². The molecule has 0 amide bonds. The summed E-state index contributed by atoms with van der Waals surface area (Å²) in [5.74, 6) is 0.0769. The van der Waals surface area contributed by atoms with Crippen LogP contribution in [0.4, 0.5) is 10.2 Å². The van der Waals surface area contributed by atoms with Crippen LogP contribution in [0.5, 0.6) is 0 Å². The summed E-state index contributed by atoms with van der Waals surface area (Å²) in [6.45, 7) is 2.90. The van der Waals surface area contributed by atoms with Crippen LogP contribution in [0.3, 0.4) is 0 Å². The standard InChI is InChI=1S/C11H17FN2O2/c1-2-3-14(4-5-15)11-9(8-16)6-10(12)7-13-11/h6-7,15-16H,2-5,8H2,1H3. The molecule has 1 aromatic heterocycles. The lowest BCUT2D eigenvalue weighted by Gasteiger charge is -2.24. The van der Waals surface area contributed by atoms with E-state index in [1.165, 1.54) is 6.07 Å². The molecule has 0 radical (unpaired) electrons. The highest BCUT2D eigenvalue weighted by molar-refractivity contribution is 5.46. The Labute approximate surface area is 94.4 Å². The van der Waals surface area contributed by atoms with E-state index in [9.17, 15) is 4.39 Å². The van der Waals surface area contributed by atoms with Crippen LogP contribution in [-0.2, 0) is 6.61 Å². The van der Waals surface area contributed by atoms with Gasteiger partial charge in [0.1, 0.15) is 11.6 Å². The topological polar surface area (TPSA) is 56.6 Å². The zero-order valence-electron chi connectivity index (χ0n) is 9.36. The van der Waals surface area contributed by atoms with E-state index < -0.39 is 5.82 Å². The van der Waals surface area contributed by atoms with Crippen molar-refractivity contribution in [3.05, 3.63) is 23.6 Å². The van der Waals surface area contributed by atoms with Gasteiger partial charge in [0.15, 0.2) is 0 Å². The summed E-state index contributed by atoms with van der Waals surface area (Å²) in [4.78, 5) is 5.80. The van der Waals surface area contributed by atoms with Crippen molar-refractivity contribution in [2.75, 3.05) is 24.6 Å². The monoisotopic (exact) mass is 228 g/mol. The molecule has 0 saturated carbocycles. The van der Waals surface area contributed by atoms with Gasteiger partial charge in [-0.25, -0.2) is 9.37 Å². The normalized spacial score (nSPS) is 10.5. The summed E-state index contributed by atoms with van der Waals surface area (Å²) in [5, 5.41) is 18.1. The molecule has 2 N–H and O–H groups in total. The Morgan fingerprint density at radius 3 is 2.69 bits per heavy atom. The lowest BCUT2D eigenvalue weighted by atomic mass is 10.2. The first-order chi connectivity index (χ1) is 7.72. The second kappa shape index (κ2) is 6.40. The molecule has 0 aliphatic carbocycles. The Bertz CT molecular complexity index is 328. The summed E-state index contributed by atoms with van der Waals surface area (Å²) in [6, 6.07) is 1.27. The molecule has 0 aliphatic rings. The van der Waals surface area contributed by atoms with Gasteiger partial charge in [0.25, 0.3) is 0 Å². The van der Waals surface area contributed by atoms with Crippen molar-refractivity contribution < 1.29 is 14.6 Å². The van der Waals surface area contributed by atoms with E-state index in [2.05, 4.69) is 4.98 Å². The molecule has 0 aliphatic heterocycles. The second-order valence-electron chi connectivity index (χ2n) is 3.51. The number of halogens is 1. The molecule has 0 bridgehead atoms. The third-order valence-electron chi connectivity index (χ3n) is 2.24. The number of pyridine rings is 1. The molecule has 1 heterocycles. The zero-order valence-corrected chi connectivity index (χ0v) is 9.36. The maximum Gasteiger partial charge on any atom is 0.142 e. The van der Waals surface area contributed by atoms with Crippen molar-refractivity contribution in [2.45, 2.75) is 20.0 Å². The summed E-state index contributed by atoms with van der Waals surface area (Å²) < 4.78 is 12.9. The van der Waals surface area contributed by atoms with Crippen LogP contribution in [0.15, 0.2) is 12.3 Å². The predicted molar refractivity (Wildman–Crippen MR) is 59.7 cm³/mol. The van der Waals surface area contributed by atoms with Crippen LogP contribution in [0, 0.1) is 5.82 Å². The summed E-state index contributed by atoms with van der Waals surface area (Å²) >= 11 is 0. The number of hydrogen-bond acceptors (Lipinski definition) is 4. The van der Waals surface area contributed by atoms with Crippen LogP contribution in [0.2, 0.25) is 0 Å². The van der Waals surface area contributed by atoms with Gasteiger partial charge in [-0.2, -0.15) is 0 Å². The van der Waals surface area contributed by atoms with Gasteiger partial charge in [-0.3, -0.25) is 0 Å². The van der Waals surface area contributed by atoms with E-state index in [1.54, 1.807) is 0 Å². The van der Waals surface area contributed by atoms with Crippen molar-refractivity contribution in [1.29, 1.82) is 0 Å². The highest BCUT2D eigenvalue weighted by atomic mass is 19.1. The molecule has 1 aromatic rings. The van der Waals surface area contributed by atoms with Gasteiger partial charge in [0, 0.05) is 18.7 Å². The fourth-order valence-electron chi connectivity index (χ4n) is 1.59. The minimum absolute atomic E-state index is 0.00389. The van der Waals surface area contributed by atoms with Gasteiger partial charge in [-0.05, 0) is 12.5 Å². The average molecular weight is 228 g/mol. The van der Waals surface area contributed by atoms with Crippen LogP contribution < -0.4 is 4.90 Å². The molecule has 1 rings (SSSR count). The lowest BCUT2D eigenvalue weighted by Crippen LogP contribution is -2.29. The molecular formula is C11H17FN2O2. The van der Waals surface area contributed by atoms with E-state index in [0.717, 1.165) is 12.6 Å². The second-order valence-corrected chi connectivity index (χ2v) is 3.51. The van der Waals surface area contributed by atoms with Crippen LogP contribution in [0.25, 0.3) is 0 Å².